The highest BCUT2D eigenvalue weighted by atomic mass is 35.5. The fourth-order valence-corrected chi connectivity index (χ4v) is 3.97. The summed E-state index contributed by atoms with van der Waals surface area (Å²) in [7, 11) is -4.48. The van der Waals surface area contributed by atoms with Gasteiger partial charge in [0.05, 0.1) is 10.5 Å². The first kappa shape index (κ1) is 20.9. The summed E-state index contributed by atoms with van der Waals surface area (Å²) in [5.74, 6) is 0. The van der Waals surface area contributed by atoms with E-state index in [1.165, 1.54) is 17.8 Å². The van der Waals surface area contributed by atoms with Crippen LogP contribution in [0.4, 0.5) is 18.9 Å². The summed E-state index contributed by atoms with van der Waals surface area (Å²) in [6.45, 7) is 0.327. The number of halogens is 4. The van der Waals surface area contributed by atoms with Crippen LogP contribution in [0.3, 0.4) is 0 Å². The molecule has 2 rings (SSSR count). The van der Waals surface area contributed by atoms with E-state index in [0.717, 1.165) is 17.7 Å². The molecule has 0 radical (unpaired) electrons. The van der Waals surface area contributed by atoms with Crippen LogP contribution in [0.5, 0.6) is 0 Å². The van der Waals surface area contributed by atoms with Crippen molar-refractivity contribution in [3.63, 3.8) is 0 Å². The number of thioether (sulfide) groups is 1. The van der Waals surface area contributed by atoms with Gasteiger partial charge in [0.25, 0.3) is 0 Å². The van der Waals surface area contributed by atoms with Crippen LogP contribution < -0.4 is 10.5 Å². The van der Waals surface area contributed by atoms with Gasteiger partial charge in [0.1, 0.15) is 0 Å². The second kappa shape index (κ2) is 8.08. The van der Waals surface area contributed by atoms with Crippen molar-refractivity contribution >= 4 is 39.1 Å². The Hall–Kier alpha value is -1.42. The number of sulfonamides is 1. The fraction of sp³-hybridized carbons (Fsp3) is 0.250. The Morgan fingerprint density at radius 2 is 1.92 bits per heavy atom. The third-order valence-corrected chi connectivity index (χ3v) is 5.80. The molecule has 0 saturated carbocycles. The maximum absolute atomic E-state index is 13.2. The molecule has 26 heavy (non-hydrogen) atoms. The van der Waals surface area contributed by atoms with Crippen LogP contribution in [0.15, 0.2) is 47.4 Å². The summed E-state index contributed by atoms with van der Waals surface area (Å²) in [5, 5.41) is 8.29. The summed E-state index contributed by atoms with van der Waals surface area (Å²) in [6.07, 6.45) is -2.97. The molecule has 4 nitrogen and oxygen atoms in total. The smallest absolute Gasteiger partial charge is 0.384 e. The van der Waals surface area contributed by atoms with Crippen LogP contribution in [-0.2, 0) is 16.2 Å². The normalized spacial score (nSPS) is 13.5. The van der Waals surface area contributed by atoms with Crippen LogP contribution in [0.25, 0.3) is 0 Å². The van der Waals surface area contributed by atoms with Gasteiger partial charge < -0.3 is 5.32 Å². The van der Waals surface area contributed by atoms with Crippen molar-refractivity contribution in [1.29, 1.82) is 0 Å². The Bertz CT molecular complexity index is 889. The van der Waals surface area contributed by atoms with Crippen LogP contribution >= 0.6 is 23.4 Å². The Balaban J connectivity index is 2.27. The van der Waals surface area contributed by atoms with Gasteiger partial charge in [0.2, 0.25) is 10.0 Å². The number of nitrogens with two attached hydrogens (primary N) is 1. The van der Waals surface area contributed by atoms with Crippen LogP contribution in [0, 0.1) is 0 Å². The van der Waals surface area contributed by atoms with Crippen molar-refractivity contribution in [3.05, 3.63) is 58.6 Å². The number of hydrogen-bond acceptors (Lipinski definition) is 4. The van der Waals surface area contributed by atoms with Gasteiger partial charge in [0.15, 0.2) is 0 Å². The molecule has 0 aromatic heterocycles. The molecule has 2 aromatic carbocycles. The van der Waals surface area contributed by atoms with Crippen LogP contribution in [0.1, 0.15) is 16.4 Å². The Labute approximate surface area is 159 Å². The van der Waals surface area contributed by atoms with Gasteiger partial charge in [-0.05, 0) is 42.2 Å². The molecule has 0 aliphatic carbocycles. The molecule has 1 unspecified atom stereocenters. The number of alkyl halides is 3. The van der Waals surface area contributed by atoms with Crippen LogP contribution in [0.2, 0.25) is 5.02 Å². The van der Waals surface area contributed by atoms with E-state index in [9.17, 15) is 21.6 Å². The molecule has 0 aliphatic heterocycles. The Morgan fingerprint density at radius 3 is 2.46 bits per heavy atom. The van der Waals surface area contributed by atoms with E-state index < -0.39 is 26.7 Å². The van der Waals surface area contributed by atoms with Gasteiger partial charge in [-0.25, -0.2) is 13.6 Å². The predicted octanol–water partition coefficient (Wildman–Crippen LogP) is 4.52. The number of hydrogen-bond donors (Lipinski definition) is 2. The van der Waals surface area contributed by atoms with Gasteiger partial charge >= 0.3 is 6.18 Å². The van der Waals surface area contributed by atoms with E-state index in [1.54, 1.807) is 18.2 Å². The lowest BCUT2D eigenvalue weighted by Crippen LogP contribution is -2.19. The number of rotatable bonds is 6. The van der Waals surface area contributed by atoms with Crippen molar-refractivity contribution in [3.8, 4) is 0 Å². The predicted molar refractivity (Wildman–Crippen MR) is 99.0 cm³/mol. The average molecular weight is 425 g/mol. The number of nitrogens with one attached hydrogen (secondary N) is 1. The summed E-state index contributed by atoms with van der Waals surface area (Å²) >= 11 is 7.48. The standard InChI is InChI=1S/C16H16ClF3N2O2S2/c1-25-14(10-3-2-4-11(17)7-10)9-22-12-5-6-15(26(21,23)24)13(8-12)16(18,19)20/h2-8,14,22H,9H2,1H3,(H2,21,23,24). The molecule has 3 N–H and O–H groups in total. The molecule has 142 valence electrons. The van der Waals surface area contributed by atoms with E-state index in [-0.39, 0.29) is 10.9 Å². The van der Waals surface area contributed by atoms with Crippen molar-refractivity contribution in [2.24, 2.45) is 5.14 Å². The molecular formula is C16H16ClF3N2O2S2. The molecule has 0 saturated heterocycles. The quantitative estimate of drug-likeness (QED) is 0.715. The van der Waals surface area contributed by atoms with E-state index in [1.807, 2.05) is 12.3 Å². The summed E-state index contributed by atoms with van der Waals surface area (Å²) < 4.78 is 62.3. The zero-order chi connectivity index (χ0) is 19.5. The zero-order valence-corrected chi connectivity index (χ0v) is 15.9. The average Bonchev–Trinajstić information content (AvgIpc) is 2.53. The highest BCUT2D eigenvalue weighted by Crippen LogP contribution is 2.36. The molecule has 0 aliphatic rings. The van der Waals surface area contributed by atoms with E-state index >= 15 is 0 Å². The highest BCUT2D eigenvalue weighted by Gasteiger charge is 2.36. The second-order valence-corrected chi connectivity index (χ2v) is 8.42. The molecule has 2 aromatic rings. The van der Waals surface area contributed by atoms with Crippen molar-refractivity contribution < 1.29 is 21.6 Å². The van der Waals surface area contributed by atoms with Crippen molar-refractivity contribution in [1.82, 2.24) is 0 Å². The lowest BCUT2D eigenvalue weighted by Gasteiger charge is -2.18. The maximum Gasteiger partial charge on any atom is 0.417 e. The fourth-order valence-electron chi connectivity index (χ4n) is 2.36. The summed E-state index contributed by atoms with van der Waals surface area (Å²) in [6, 6.07) is 10.0. The summed E-state index contributed by atoms with van der Waals surface area (Å²) in [5.41, 5.74) is -0.228. The van der Waals surface area contributed by atoms with E-state index in [0.29, 0.717) is 11.6 Å². The molecule has 0 fully saturated rings. The van der Waals surface area contributed by atoms with Gasteiger partial charge in [0, 0.05) is 22.5 Å². The Morgan fingerprint density at radius 1 is 1.23 bits per heavy atom. The first-order chi connectivity index (χ1) is 12.0. The second-order valence-electron chi connectivity index (χ2n) is 5.41. The van der Waals surface area contributed by atoms with Crippen LogP contribution in [-0.4, -0.2) is 21.2 Å². The topological polar surface area (TPSA) is 72.2 Å². The largest absolute Gasteiger partial charge is 0.417 e. The molecule has 0 heterocycles. The van der Waals surface area contributed by atoms with Gasteiger partial charge in [-0.2, -0.15) is 24.9 Å². The number of anilines is 1. The van der Waals surface area contributed by atoms with Gasteiger partial charge in [-0.3, -0.25) is 0 Å². The van der Waals surface area contributed by atoms with Crippen molar-refractivity contribution in [2.75, 3.05) is 18.1 Å². The van der Waals surface area contributed by atoms with Gasteiger partial charge in [-0.1, -0.05) is 23.7 Å². The number of benzene rings is 2. The number of primary sulfonamides is 1. The molecule has 0 bridgehead atoms. The third-order valence-electron chi connectivity index (χ3n) is 3.59. The summed E-state index contributed by atoms with van der Waals surface area (Å²) in [4.78, 5) is -0.952. The lowest BCUT2D eigenvalue weighted by atomic mass is 10.1. The van der Waals surface area contributed by atoms with Crippen molar-refractivity contribution in [2.45, 2.75) is 16.3 Å². The zero-order valence-electron chi connectivity index (χ0n) is 13.5. The molecule has 1 atom stereocenters. The van der Waals surface area contributed by atoms with Gasteiger partial charge in [-0.15, -0.1) is 0 Å². The minimum atomic E-state index is -4.84. The monoisotopic (exact) mass is 424 g/mol. The highest BCUT2D eigenvalue weighted by molar-refractivity contribution is 7.98. The minimum absolute atomic E-state index is 0.0547. The first-order valence-corrected chi connectivity index (χ1v) is 10.5. The molecule has 0 spiro atoms. The first-order valence-electron chi connectivity index (χ1n) is 7.28. The maximum atomic E-state index is 13.2. The van der Waals surface area contributed by atoms with E-state index in [4.69, 9.17) is 16.7 Å². The third kappa shape index (κ3) is 5.29. The molecular weight excluding hydrogens is 409 g/mol. The van der Waals surface area contributed by atoms with E-state index in [2.05, 4.69) is 5.32 Å². The Kier molecular flexibility index (Phi) is 6.49. The lowest BCUT2D eigenvalue weighted by molar-refractivity contribution is -0.139. The molecule has 0 amide bonds. The SMILES string of the molecule is CSC(CNc1ccc(S(N)(=O)=O)c(C(F)(F)F)c1)c1cccc(Cl)c1. The minimum Gasteiger partial charge on any atom is -0.384 e. The molecule has 10 heteroatoms.